The maximum atomic E-state index is 13.6. The first-order valence-corrected chi connectivity index (χ1v) is 14.9. The number of anilines is 1. The summed E-state index contributed by atoms with van der Waals surface area (Å²) in [7, 11) is 0. The van der Waals surface area contributed by atoms with E-state index in [2.05, 4.69) is 26.1 Å². The van der Waals surface area contributed by atoms with Crippen molar-refractivity contribution in [1.82, 2.24) is 0 Å². The highest BCUT2D eigenvalue weighted by atomic mass is 35.5. The van der Waals surface area contributed by atoms with Gasteiger partial charge >= 0.3 is 5.97 Å². The number of hydrogen-bond acceptors (Lipinski definition) is 6. The molecule has 0 spiro atoms. The Kier molecular flexibility index (Phi) is 8.47. The summed E-state index contributed by atoms with van der Waals surface area (Å²) in [6.07, 6.45) is 4.45. The first-order valence-electron chi connectivity index (χ1n) is 13.7. The number of ether oxygens (including phenoxy) is 1. The van der Waals surface area contributed by atoms with Gasteiger partial charge in [-0.05, 0) is 91.6 Å². The van der Waals surface area contributed by atoms with Crippen molar-refractivity contribution in [3.63, 3.8) is 0 Å². The lowest BCUT2D eigenvalue weighted by atomic mass is 9.72. The summed E-state index contributed by atoms with van der Waals surface area (Å²) in [5.74, 6) is 1.14. The Morgan fingerprint density at radius 3 is 2.66 bits per heavy atom. The average Bonchev–Trinajstić information content (AvgIpc) is 3.57. The van der Waals surface area contributed by atoms with Gasteiger partial charge in [-0.25, -0.2) is 9.79 Å². The van der Waals surface area contributed by atoms with Gasteiger partial charge in [0.15, 0.2) is 0 Å². The van der Waals surface area contributed by atoms with Crippen LogP contribution >= 0.6 is 22.9 Å². The molecule has 2 aromatic heterocycles. The third-order valence-corrected chi connectivity index (χ3v) is 8.81. The number of nitrogens with zero attached hydrogens (tertiary/aromatic N) is 1. The van der Waals surface area contributed by atoms with Crippen LogP contribution in [0.1, 0.15) is 71.0 Å². The van der Waals surface area contributed by atoms with Gasteiger partial charge in [-0.2, -0.15) is 0 Å². The number of nitrogens with one attached hydrogen (secondary N) is 1. The van der Waals surface area contributed by atoms with E-state index in [1.807, 2.05) is 18.2 Å². The lowest BCUT2D eigenvalue weighted by molar-refractivity contribution is 0.0526. The molecule has 0 saturated carbocycles. The van der Waals surface area contributed by atoms with Crippen LogP contribution < -0.4 is 5.32 Å². The first kappa shape index (κ1) is 28.8. The van der Waals surface area contributed by atoms with Gasteiger partial charge in [-0.3, -0.25) is 4.79 Å². The topological polar surface area (TPSA) is 80.9 Å². The fourth-order valence-corrected chi connectivity index (χ4v) is 6.47. The molecule has 0 aliphatic heterocycles. The number of carbonyl (C=O) groups excluding carboxylic acids is 2. The monoisotopic (exact) mass is 588 g/mol. The van der Waals surface area contributed by atoms with Crippen molar-refractivity contribution < 1.29 is 18.7 Å². The van der Waals surface area contributed by atoms with E-state index in [-0.39, 0.29) is 17.3 Å². The molecule has 0 saturated heterocycles. The summed E-state index contributed by atoms with van der Waals surface area (Å²) in [4.78, 5) is 31.7. The van der Waals surface area contributed by atoms with Crippen LogP contribution in [0.3, 0.4) is 0 Å². The highest BCUT2D eigenvalue weighted by molar-refractivity contribution is 7.16. The second kappa shape index (κ2) is 12.0. The van der Waals surface area contributed by atoms with Crippen molar-refractivity contribution in [2.24, 2.45) is 16.3 Å². The Morgan fingerprint density at radius 1 is 1.15 bits per heavy atom. The van der Waals surface area contributed by atoms with Gasteiger partial charge < -0.3 is 14.5 Å². The van der Waals surface area contributed by atoms with E-state index in [0.29, 0.717) is 50.9 Å². The molecule has 41 heavy (non-hydrogen) atoms. The van der Waals surface area contributed by atoms with Crippen LogP contribution in [0.2, 0.25) is 5.02 Å². The normalized spacial score (nSPS) is 15.1. The zero-order chi connectivity index (χ0) is 29.1. The van der Waals surface area contributed by atoms with Gasteiger partial charge in [0, 0.05) is 21.2 Å². The lowest BCUT2D eigenvalue weighted by Crippen LogP contribution is -2.27. The van der Waals surface area contributed by atoms with Crippen LogP contribution in [0.15, 0.2) is 70.1 Å². The molecule has 1 aliphatic rings. The molecule has 5 rings (SSSR count). The molecule has 1 N–H and O–H groups in total. The molecule has 8 heteroatoms. The molecule has 0 unspecified atom stereocenters. The predicted octanol–water partition coefficient (Wildman–Crippen LogP) is 8.99. The molecule has 2 heterocycles. The number of benzene rings is 2. The largest absolute Gasteiger partial charge is 0.462 e. The highest BCUT2D eigenvalue weighted by Crippen LogP contribution is 2.45. The summed E-state index contributed by atoms with van der Waals surface area (Å²) in [5.41, 5.74) is 3.80. The quantitative estimate of drug-likeness (QED) is 0.172. The Bertz CT molecular complexity index is 1590. The van der Waals surface area contributed by atoms with Crippen molar-refractivity contribution in [3.8, 4) is 11.3 Å². The molecule has 2 aromatic carbocycles. The van der Waals surface area contributed by atoms with Gasteiger partial charge in [-0.1, -0.05) is 44.5 Å². The second-order valence-corrected chi connectivity index (χ2v) is 12.7. The zero-order valence-electron chi connectivity index (χ0n) is 23.6. The summed E-state index contributed by atoms with van der Waals surface area (Å²) in [6, 6.07) is 17.9. The third kappa shape index (κ3) is 6.63. The van der Waals surface area contributed by atoms with Gasteiger partial charge in [0.1, 0.15) is 16.5 Å². The molecule has 4 aromatic rings. The molecular formula is C33H33ClN2O4S. The number of furan rings is 1. The van der Waals surface area contributed by atoms with Crippen LogP contribution in [0.5, 0.6) is 0 Å². The Labute approximate surface area is 249 Å². The van der Waals surface area contributed by atoms with Crippen molar-refractivity contribution in [1.29, 1.82) is 0 Å². The standard InChI is InChI=1S/C33H33ClN2O4S/c1-5-39-32(38)21-8-6-7-20(17-21)27-16-14-25(40-27)19-35-31-29(30(37)36-24-12-10-23(34)11-13-24)26-15-9-22(33(2,3)4)18-28(26)41-31/h6-8,10-14,16-17,19,22H,5,9,15,18H2,1-4H3,(H,36,37)/t22-/m0/s1. The maximum absolute atomic E-state index is 13.6. The van der Waals surface area contributed by atoms with E-state index >= 15 is 0 Å². The van der Waals surface area contributed by atoms with Gasteiger partial charge in [0.2, 0.25) is 0 Å². The number of esters is 1. The van der Waals surface area contributed by atoms with E-state index < -0.39 is 0 Å². The number of hydrogen-bond donors (Lipinski definition) is 1. The molecule has 0 bridgehead atoms. The van der Waals surface area contributed by atoms with Crippen molar-refractivity contribution >= 4 is 51.7 Å². The maximum Gasteiger partial charge on any atom is 0.338 e. The van der Waals surface area contributed by atoms with E-state index in [9.17, 15) is 9.59 Å². The number of aliphatic imine (C=N–C) groups is 1. The first-order chi connectivity index (χ1) is 19.6. The number of amides is 1. The Morgan fingerprint density at radius 2 is 1.93 bits per heavy atom. The molecule has 1 atom stereocenters. The van der Waals surface area contributed by atoms with Gasteiger partial charge in [0.25, 0.3) is 5.91 Å². The van der Waals surface area contributed by atoms with Crippen molar-refractivity contribution in [3.05, 3.63) is 93.0 Å². The van der Waals surface area contributed by atoms with E-state index in [1.54, 1.807) is 66.9 Å². The number of thiophene rings is 1. The fraction of sp³-hybridized carbons (Fsp3) is 0.303. The van der Waals surface area contributed by atoms with Crippen LogP contribution in [0.4, 0.5) is 10.7 Å². The SMILES string of the molecule is CCOC(=O)c1cccc(-c2ccc(C=Nc3sc4c(c3C(=O)Nc3ccc(Cl)cc3)CC[C@H](C(C)(C)C)C4)o2)c1. The molecule has 6 nitrogen and oxygen atoms in total. The van der Waals surface area contributed by atoms with E-state index in [0.717, 1.165) is 30.4 Å². The molecule has 0 fully saturated rings. The molecule has 212 valence electrons. The molecule has 1 amide bonds. The Hall–Kier alpha value is -3.68. The van der Waals surface area contributed by atoms with E-state index in [1.165, 1.54) is 4.88 Å². The summed E-state index contributed by atoms with van der Waals surface area (Å²) < 4.78 is 11.2. The zero-order valence-corrected chi connectivity index (χ0v) is 25.2. The predicted molar refractivity (Wildman–Crippen MR) is 166 cm³/mol. The highest BCUT2D eigenvalue weighted by Gasteiger charge is 2.33. The number of halogens is 1. The van der Waals surface area contributed by atoms with Gasteiger partial charge in [0.05, 0.1) is 23.9 Å². The van der Waals surface area contributed by atoms with E-state index in [4.69, 9.17) is 25.7 Å². The minimum absolute atomic E-state index is 0.179. The smallest absolute Gasteiger partial charge is 0.338 e. The van der Waals surface area contributed by atoms with Crippen LogP contribution in [-0.2, 0) is 17.6 Å². The second-order valence-electron chi connectivity index (χ2n) is 11.2. The van der Waals surface area contributed by atoms with Crippen molar-refractivity contribution in [2.45, 2.75) is 47.0 Å². The van der Waals surface area contributed by atoms with Crippen LogP contribution in [0.25, 0.3) is 11.3 Å². The molecule has 1 aliphatic carbocycles. The number of rotatable bonds is 7. The molecular weight excluding hydrogens is 556 g/mol. The third-order valence-electron chi connectivity index (χ3n) is 7.39. The fourth-order valence-electron chi connectivity index (χ4n) is 5.08. The van der Waals surface area contributed by atoms with Gasteiger partial charge in [-0.15, -0.1) is 11.3 Å². The lowest BCUT2D eigenvalue weighted by Gasteiger charge is -2.33. The van der Waals surface area contributed by atoms with Crippen LogP contribution in [-0.4, -0.2) is 24.7 Å². The molecule has 0 radical (unpaired) electrons. The number of carbonyl (C=O) groups is 2. The minimum atomic E-state index is -0.373. The Balaban J connectivity index is 1.44. The average molecular weight is 589 g/mol. The summed E-state index contributed by atoms with van der Waals surface area (Å²) in [5, 5.41) is 4.30. The number of fused-ring (bicyclic) bond motifs is 1. The summed E-state index contributed by atoms with van der Waals surface area (Å²) in [6.45, 7) is 8.92. The van der Waals surface area contributed by atoms with Crippen molar-refractivity contribution in [2.75, 3.05) is 11.9 Å². The minimum Gasteiger partial charge on any atom is -0.462 e. The summed E-state index contributed by atoms with van der Waals surface area (Å²) >= 11 is 7.62. The van der Waals surface area contributed by atoms with Crippen LogP contribution in [0, 0.1) is 11.3 Å².